The fourth-order valence-electron chi connectivity index (χ4n) is 3.83. The molecule has 188 valence electrons. The van der Waals surface area contributed by atoms with Crippen molar-refractivity contribution in [3.8, 4) is 22.7 Å². The average Bonchev–Trinajstić information content (AvgIpc) is 3.27. The molecule has 2 N–H and O–H groups in total. The van der Waals surface area contributed by atoms with Crippen LogP contribution < -0.4 is 5.32 Å². The lowest BCUT2D eigenvalue weighted by molar-refractivity contribution is -0.141. The van der Waals surface area contributed by atoms with Crippen LogP contribution in [0.15, 0.2) is 66.7 Å². The summed E-state index contributed by atoms with van der Waals surface area (Å²) in [6.45, 7) is 5.65. The Balaban J connectivity index is 0.00000380. The van der Waals surface area contributed by atoms with E-state index in [0.717, 1.165) is 10.7 Å². The predicted octanol–water partition coefficient (Wildman–Crippen LogP) is 7.85. The first kappa shape index (κ1) is 25.3. The van der Waals surface area contributed by atoms with Gasteiger partial charge in [-0.15, -0.1) is 0 Å². The van der Waals surface area contributed by atoms with Crippen molar-refractivity contribution in [1.82, 2.24) is 9.78 Å². The lowest BCUT2D eigenvalue weighted by Gasteiger charge is -2.15. The summed E-state index contributed by atoms with van der Waals surface area (Å²) < 4.78 is 41.5. The summed E-state index contributed by atoms with van der Waals surface area (Å²) in [6.07, 6.45) is -4.64. The number of hydrogen-bond acceptors (Lipinski definition) is 3. The molecule has 0 spiro atoms. The normalized spacial score (nSPS) is 11.7. The number of carbonyl (C=O) groups excluding carboxylic acids is 1. The van der Waals surface area contributed by atoms with Gasteiger partial charge in [0.15, 0.2) is 5.69 Å². The molecule has 0 aliphatic carbocycles. The number of alkyl halides is 3. The average molecular weight is 516 g/mol. The highest BCUT2D eigenvalue weighted by atomic mass is 35.5. The molecule has 5 nitrogen and oxygen atoms in total. The van der Waals surface area contributed by atoms with Gasteiger partial charge in [-0.2, -0.15) is 18.3 Å². The summed E-state index contributed by atoms with van der Waals surface area (Å²) in [6, 6.07) is 16.9. The van der Waals surface area contributed by atoms with Crippen molar-refractivity contribution in [2.24, 2.45) is 0 Å². The summed E-state index contributed by atoms with van der Waals surface area (Å²) >= 11 is 6.23. The molecule has 0 aliphatic heterocycles. The standard InChI is InChI=1S/C27H23ClF3N3O2.H2/c1-15(2)19-13-21(16(3)12-24(19)35)32-26(36)18-10-8-17(9-11-18)23-14-25(27(29,30)31)33-34(23)22-7-5-4-6-20(22)28;/h4-15,35H,1-3H3,(H,32,36);1H. The Kier molecular flexibility index (Phi) is 6.82. The molecule has 0 fully saturated rings. The number of nitrogens with zero attached hydrogens (tertiary/aromatic N) is 2. The number of amides is 1. The fraction of sp³-hybridized carbons (Fsp3) is 0.185. The SMILES string of the molecule is Cc1cc(O)c(C(C)C)cc1NC(=O)c1ccc(-c2cc(C(F)(F)F)nn2-c2ccccc2Cl)cc1.[HH]. The van der Waals surface area contributed by atoms with Gasteiger partial charge in [-0.3, -0.25) is 4.79 Å². The molecule has 4 rings (SSSR count). The minimum absolute atomic E-state index is 0. The molecule has 0 radical (unpaired) electrons. The number of benzene rings is 3. The molecule has 0 saturated heterocycles. The van der Waals surface area contributed by atoms with Crippen LogP contribution >= 0.6 is 11.6 Å². The van der Waals surface area contributed by atoms with Crippen molar-refractivity contribution >= 4 is 23.2 Å². The second-order valence-electron chi connectivity index (χ2n) is 8.69. The molecular formula is C27H25ClF3N3O2. The van der Waals surface area contributed by atoms with Crippen molar-refractivity contribution in [3.63, 3.8) is 0 Å². The number of phenols is 1. The Hall–Kier alpha value is -3.78. The Bertz CT molecular complexity index is 1430. The molecule has 0 atom stereocenters. The Morgan fingerprint density at radius 1 is 1.08 bits per heavy atom. The third-order valence-electron chi connectivity index (χ3n) is 5.77. The highest BCUT2D eigenvalue weighted by molar-refractivity contribution is 6.32. The highest BCUT2D eigenvalue weighted by Crippen LogP contribution is 2.35. The van der Waals surface area contributed by atoms with Crippen LogP contribution in [0.5, 0.6) is 5.75 Å². The Morgan fingerprint density at radius 3 is 2.36 bits per heavy atom. The van der Waals surface area contributed by atoms with Gasteiger partial charge in [0, 0.05) is 18.2 Å². The van der Waals surface area contributed by atoms with Gasteiger partial charge in [0.2, 0.25) is 0 Å². The number of aromatic hydroxyl groups is 1. The molecule has 0 saturated carbocycles. The number of halogens is 4. The van der Waals surface area contributed by atoms with Crippen LogP contribution in [0.25, 0.3) is 16.9 Å². The maximum absolute atomic E-state index is 13.4. The number of rotatable bonds is 5. The lowest BCUT2D eigenvalue weighted by atomic mass is 9.99. The second-order valence-corrected chi connectivity index (χ2v) is 9.10. The number of para-hydroxylation sites is 1. The van der Waals surface area contributed by atoms with Gasteiger partial charge < -0.3 is 10.4 Å². The first-order valence-electron chi connectivity index (χ1n) is 11.1. The zero-order valence-electron chi connectivity index (χ0n) is 19.7. The Labute approximate surface area is 212 Å². The number of carbonyl (C=O) groups is 1. The van der Waals surface area contributed by atoms with Crippen molar-refractivity contribution in [2.45, 2.75) is 32.9 Å². The molecule has 1 aromatic heterocycles. The quantitative estimate of drug-likeness (QED) is 0.266. The molecule has 4 aromatic rings. The molecule has 9 heteroatoms. The topological polar surface area (TPSA) is 67.2 Å². The van der Waals surface area contributed by atoms with Gasteiger partial charge in [0.1, 0.15) is 5.75 Å². The smallest absolute Gasteiger partial charge is 0.435 e. The molecule has 0 unspecified atom stereocenters. The van der Waals surface area contributed by atoms with E-state index in [0.29, 0.717) is 33.6 Å². The first-order valence-corrected chi connectivity index (χ1v) is 11.5. The molecular weight excluding hydrogens is 491 g/mol. The van der Waals surface area contributed by atoms with E-state index in [9.17, 15) is 23.1 Å². The molecule has 0 aliphatic rings. The highest BCUT2D eigenvalue weighted by Gasteiger charge is 2.35. The first-order chi connectivity index (χ1) is 17.0. The van der Waals surface area contributed by atoms with Crippen molar-refractivity contribution in [1.29, 1.82) is 0 Å². The van der Waals surface area contributed by atoms with Crippen LogP contribution in [-0.2, 0) is 6.18 Å². The molecule has 1 heterocycles. The van der Waals surface area contributed by atoms with Crippen molar-refractivity contribution < 1.29 is 24.5 Å². The summed E-state index contributed by atoms with van der Waals surface area (Å²) in [5.74, 6) is -0.163. The Morgan fingerprint density at radius 2 is 1.75 bits per heavy atom. The van der Waals surface area contributed by atoms with Crippen LogP contribution in [0.3, 0.4) is 0 Å². The molecule has 1 amide bonds. The minimum Gasteiger partial charge on any atom is -0.508 e. The maximum Gasteiger partial charge on any atom is 0.435 e. The third kappa shape index (κ3) is 5.09. The van der Waals surface area contributed by atoms with E-state index >= 15 is 0 Å². The zero-order valence-corrected chi connectivity index (χ0v) is 20.4. The van der Waals surface area contributed by atoms with E-state index in [1.54, 1.807) is 55.5 Å². The summed E-state index contributed by atoms with van der Waals surface area (Å²) in [4.78, 5) is 12.9. The maximum atomic E-state index is 13.4. The van der Waals surface area contributed by atoms with E-state index in [1.807, 2.05) is 13.8 Å². The molecule has 3 aromatic carbocycles. The van der Waals surface area contributed by atoms with E-state index in [-0.39, 0.29) is 29.7 Å². The van der Waals surface area contributed by atoms with E-state index in [2.05, 4.69) is 10.4 Å². The van der Waals surface area contributed by atoms with Crippen LogP contribution in [0.2, 0.25) is 5.02 Å². The third-order valence-corrected chi connectivity index (χ3v) is 6.09. The monoisotopic (exact) mass is 515 g/mol. The molecule has 0 bridgehead atoms. The number of aryl methyl sites for hydroxylation is 1. The summed E-state index contributed by atoms with van der Waals surface area (Å²) in [5, 5.41) is 17.0. The van der Waals surface area contributed by atoms with Gasteiger partial charge in [0.25, 0.3) is 5.91 Å². The van der Waals surface area contributed by atoms with E-state index in [1.165, 1.54) is 12.1 Å². The van der Waals surface area contributed by atoms with E-state index < -0.39 is 11.9 Å². The number of phenolic OH excluding ortho intramolecular Hbond substituents is 1. The summed E-state index contributed by atoms with van der Waals surface area (Å²) in [7, 11) is 0. The summed E-state index contributed by atoms with van der Waals surface area (Å²) in [5.41, 5.74) is 2.15. The van der Waals surface area contributed by atoms with Crippen LogP contribution in [0.4, 0.5) is 18.9 Å². The predicted molar refractivity (Wildman–Crippen MR) is 136 cm³/mol. The van der Waals surface area contributed by atoms with Crippen LogP contribution in [0, 0.1) is 6.92 Å². The molecule has 36 heavy (non-hydrogen) atoms. The number of aromatic nitrogens is 2. The lowest BCUT2D eigenvalue weighted by Crippen LogP contribution is -2.13. The van der Waals surface area contributed by atoms with Crippen LogP contribution in [0.1, 0.15) is 48.4 Å². The van der Waals surface area contributed by atoms with Gasteiger partial charge in [0.05, 0.1) is 16.4 Å². The van der Waals surface area contributed by atoms with Crippen molar-refractivity contribution in [3.05, 3.63) is 94.1 Å². The van der Waals surface area contributed by atoms with Gasteiger partial charge in [-0.25, -0.2) is 4.68 Å². The largest absolute Gasteiger partial charge is 0.508 e. The number of hydrogen-bond donors (Lipinski definition) is 2. The fourth-order valence-corrected chi connectivity index (χ4v) is 4.04. The zero-order chi connectivity index (χ0) is 26.2. The van der Waals surface area contributed by atoms with Gasteiger partial charge in [-0.05, 0) is 66.4 Å². The van der Waals surface area contributed by atoms with Crippen LogP contribution in [-0.4, -0.2) is 20.8 Å². The number of anilines is 1. The van der Waals surface area contributed by atoms with Gasteiger partial charge >= 0.3 is 6.18 Å². The van der Waals surface area contributed by atoms with Crippen molar-refractivity contribution in [2.75, 3.05) is 5.32 Å². The number of nitrogens with one attached hydrogen (secondary N) is 1. The van der Waals surface area contributed by atoms with Gasteiger partial charge in [-0.1, -0.05) is 49.7 Å². The minimum atomic E-state index is -4.64. The van der Waals surface area contributed by atoms with E-state index in [4.69, 9.17) is 11.6 Å². The second kappa shape index (κ2) is 9.70.